The van der Waals surface area contributed by atoms with E-state index in [2.05, 4.69) is 44.1 Å². The molecule has 0 saturated heterocycles. The Kier molecular flexibility index (Phi) is 4.76. The quantitative estimate of drug-likeness (QED) is 0.801. The third kappa shape index (κ3) is 3.63. The van der Waals surface area contributed by atoms with Gasteiger partial charge in [0.05, 0.1) is 0 Å². The third-order valence-corrected chi connectivity index (χ3v) is 2.99. The van der Waals surface area contributed by atoms with Gasteiger partial charge in [-0.25, -0.2) is 0 Å². The van der Waals surface area contributed by atoms with E-state index in [1.54, 1.807) is 0 Å². The number of aryl methyl sites for hydroxylation is 1. The first kappa shape index (κ1) is 12.2. The zero-order chi connectivity index (χ0) is 11.3. The summed E-state index contributed by atoms with van der Waals surface area (Å²) in [6.07, 6.45) is 3.89. The van der Waals surface area contributed by atoms with Gasteiger partial charge >= 0.3 is 0 Å². The van der Waals surface area contributed by atoms with Crippen LogP contribution in [-0.4, -0.2) is 18.1 Å². The summed E-state index contributed by atoms with van der Waals surface area (Å²) in [7, 11) is 0. The highest BCUT2D eigenvalue weighted by molar-refractivity contribution is 5.20. The Morgan fingerprint density at radius 2 is 2.07 bits per heavy atom. The number of nitrogens with zero attached hydrogens (tertiary/aromatic N) is 1. The zero-order valence-electron chi connectivity index (χ0n) is 10.2. The Hall–Kier alpha value is -0.890. The second-order valence-electron chi connectivity index (χ2n) is 4.37. The maximum absolute atomic E-state index is 4.25. The van der Waals surface area contributed by atoms with Gasteiger partial charge in [-0.1, -0.05) is 26.8 Å². The molecule has 1 heterocycles. The van der Waals surface area contributed by atoms with Crippen LogP contribution >= 0.6 is 0 Å². The maximum Gasteiger partial charge on any atom is 0.0302 e. The SMILES string of the molecule is CCNCC(C)C(C)c1cncc(C)c1. The van der Waals surface area contributed by atoms with Gasteiger partial charge in [-0.05, 0) is 43.0 Å². The van der Waals surface area contributed by atoms with Crippen molar-refractivity contribution in [1.82, 2.24) is 10.3 Å². The van der Waals surface area contributed by atoms with Gasteiger partial charge in [0.25, 0.3) is 0 Å². The third-order valence-electron chi connectivity index (χ3n) is 2.99. The van der Waals surface area contributed by atoms with Crippen LogP contribution in [0.1, 0.15) is 37.8 Å². The smallest absolute Gasteiger partial charge is 0.0302 e. The molecular formula is C13H22N2. The van der Waals surface area contributed by atoms with Gasteiger partial charge in [-0.2, -0.15) is 0 Å². The van der Waals surface area contributed by atoms with Crippen LogP contribution in [0.4, 0.5) is 0 Å². The fourth-order valence-electron chi connectivity index (χ4n) is 1.70. The molecule has 0 amide bonds. The van der Waals surface area contributed by atoms with E-state index in [4.69, 9.17) is 0 Å². The molecule has 15 heavy (non-hydrogen) atoms. The Labute approximate surface area is 93.1 Å². The summed E-state index contributed by atoms with van der Waals surface area (Å²) in [6.45, 7) is 10.9. The van der Waals surface area contributed by atoms with Crippen LogP contribution in [0.5, 0.6) is 0 Å². The lowest BCUT2D eigenvalue weighted by Gasteiger charge is -2.20. The number of hydrogen-bond donors (Lipinski definition) is 1. The van der Waals surface area contributed by atoms with E-state index in [0.717, 1.165) is 13.1 Å². The second-order valence-corrected chi connectivity index (χ2v) is 4.37. The molecule has 2 nitrogen and oxygen atoms in total. The standard InChI is InChI=1S/C13H22N2/c1-5-14-8-11(3)12(4)13-6-10(2)7-15-9-13/h6-7,9,11-12,14H,5,8H2,1-4H3. The van der Waals surface area contributed by atoms with E-state index < -0.39 is 0 Å². The lowest BCUT2D eigenvalue weighted by atomic mass is 9.89. The van der Waals surface area contributed by atoms with E-state index in [1.165, 1.54) is 11.1 Å². The monoisotopic (exact) mass is 206 g/mol. The second kappa shape index (κ2) is 5.86. The van der Waals surface area contributed by atoms with Crippen LogP contribution in [0.25, 0.3) is 0 Å². The Morgan fingerprint density at radius 1 is 1.33 bits per heavy atom. The number of hydrogen-bond acceptors (Lipinski definition) is 2. The largest absolute Gasteiger partial charge is 0.317 e. The highest BCUT2D eigenvalue weighted by Crippen LogP contribution is 2.23. The molecule has 0 spiro atoms. The predicted octanol–water partition coefficient (Wildman–Crippen LogP) is 2.74. The van der Waals surface area contributed by atoms with E-state index in [0.29, 0.717) is 11.8 Å². The molecule has 0 aliphatic rings. The normalized spacial score (nSPS) is 14.9. The highest BCUT2D eigenvalue weighted by Gasteiger charge is 2.13. The molecular weight excluding hydrogens is 184 g/mol. The van der Waals surface area contributed by atoms with Crippen molar-refractivity contribution < 1.29 is 0 Å². The molecule has 1 aromatic rings. The van der Waals surface area contributed by atoms with Crippen molar-refractivity contribution in [2.24, 2.45) is 5.92 Å². The molecule has 84 valence electrons. The molecule has 1 aromatic heterocycles. The van der Waals surface area contributed by atoms with Gasteiger partial charge in [0.15, 0.2) is 0 Å². The average Bonchev–Trinajstić information content (AvgIpc) is 2.24. The molecule has 0 aromatic carbocycles. The van der Waals surface area contributed by atoms with Crippen LogP contribution in [0.2, 0.25) is 0 Å². The first-order valence-electron chi connectivity index (χ1n) is 5.77. The van der Waals surface area contributed by atoms with Crippen LogP contribution in [-0.2, 0) is 0 Å². The molecule has 0 radical (unpaired) electrons. The van der Waals surface area contributed by atoms with Crippen LogP contribution in [0, 0.1) is 12.8 Å². The molecule has 1 N–H and O–H groups in total. The lowest BCUT2D eigenvalue weighted by molar-refractivity contribution is 0.453. The van der Waals surface area contributed by atoms with E-state index in [1.807, 2.05) is 12.4 Å². The Bertz CT molecular complexity index is 296. The number of aromatic nitrogens is 1. The highest BCUT2D eigenvalue weighted by atomic mass is 14.8. The minimum absolute atomic E-state index is 0.566. The first-order valence-corrected chi connectivity index (χ1v) is 5.77. The Morgan fingerprint density at radius 3 is 2.67 bits per heavy atom. The summed E-state index contributed by atoms with van der Waals surface area (Å²) in [5.74, 6) is 1.21. The van der Waals surface area contributed by atoms with Gasteiger partial charge in [-0.15, -0.1) is 0 Å². The molecule has 0 bridgehead atoms. The van der Waals surface area contributed by atoms with Crippen molar-refractivity contribution in [3.8, 4) is 0 Å². The fourth-order valence-corrected chi connectivity index (χ4v) is 1.70. The van der Waals surface area contributed by atoms with Crippen molar-refractivity contribution in [2.45, 2.75) is 33.6 Å². The molecule has 1 rings (SSSR count). The van der Waals surface area contributed by atoms with Gasteiger partial charge in [0.1, 0.15) is 0 Å². The van der Waals surface area contributed by atoms with Crippen molar-refractivity contribution in [3.63, 3.8) is 0 Å². The number of rotatable bonds is 5. The van der Waals surface area contributed by atoms with Crippen molar-refractivity contribution in [3.05, 3.63) is 29.6 Å². The van der Waals surface area contributed by atoms with Crippen molar-refractivity contribution in [2.75, 3.05) is 13.1 Å². The van der Waals surface area contributed by atoms with Gasteiger partial charge in [0, 0.05) is 12.4 Å². The number of nitrogens with one attached hydrogen (secondary N) is 1. The topological polar surface area (TPSA) is 24.9 Å². The molecule has 2 unspecified atom stereocenters. The van der Waals surface area contributed by atoms with Crippen LogP contribution in [0.3, 0.4) is 0 Å². The van der Waals surface area contributed by atoms with Gasteiger partial charge in [-0.3, -0.25) is 4.98 Å². The Balaban J connectivity index is 2.62. The van der Waals surface area contributed by atoms with Crippen molar-refractivity contribution in [1.29, 1.82) is 0 Å². The lowest BCUT2D eigenvalue weighted by Crippen LogP contribution is -2.24. The fraction of sp³-hybridized carbons (Fsp3) is 0.615. The summed E-state index contributed by atoms with van der Waals surface area (Å²) < 4.78 is 0. The van der Waals surface area contributed by atoms with Gasteiger partial charge < -0.3 is 5.32 Å². The van der Waals surface area contributed by atoms with Gasteiger partial charge in [0.2, 0.25) is 0 Å². The van der Waals surface area contributed by atoms with Crippen LogP contribution in [0.15, 0.2) is 18.5 Å². The van der Waals surface area contributed by atoms with Crippen molar-refractivity contribution >= 4 is 0 Å². The summed E-state index contributed by atoms with van der Waals surface area (Å²) in [6, 6.07) is 2.24. The molecule has 0 aliphatic heterocycles. The van der Waals surface area contributed by atoms with E-state index in [-0.39, 0.29) is 0 Å². The zero-order valence-corrected chi connectivity index (χ0v) is 10.2. The predicted molar refractivity (Wildman–Crippen MR) is 65.1 cm³/mol. The molecule has 0 saturated carbocycles. The minimum atomic E-state index is 0.566. The summed E-state index contributed by atoms with van der Waals surface area (Å²) in [5, 5.41) is 3.39. The van der Waals surface area contributed by atoms with E-state index >= 15 is 0 Å². The molecule has 2 heteroatoms. The van der Waals surface area contributed by atoms with E-state index in [9.17, 15) is 0 Å². The molecule has 0 fully saturated rings. The first-order chi connectivity index (χ1) is 7.15. The minimum Gasteiger partial charge on any atom is -0.317 e. The van der Waals surface area contributed by atoms with Crippen LogP contribution < -0.4 is 5.32 Å². The summed E-state index contributed by atoms with van der Waals surface area (Å²) in [5.41, 5.74) is 2.59. The summed E-state index contributed by atoms with van der Waals surface area (Å²) >= 11 is 0. The molecule has 2 atom stereocenters. The number of pyridine rings is 1. The summed E-state index contributed by atoms with van der Waals surface area (Å²) in [4.78, 5) is 4.25. The average molecular weight is 206 g/mol. The molecule has 0 aliphatic carbocycles. The maximum atomic E-state index is 4.25.